The van der Waals surface area contributed by atoms with Crippen LogP contribution in [0.3, 0.4) is 0 Å². The highest BCUT2D eigenvalue weighted by Crippen LogP contribution is 2.34. The molecule has 0 aliphatic rings. The average Bonchev–Trinajstić information content (AvgIpc) is 2.73. The van der Waals surface area contributed by atoms with E-state index in [0.717, 1.165) is 12.1 Å². The van der Waals surface area contributed by atoms with Gasteiger partial charge in [0.15, 0.2) is 6.61 Å². The van der Waals surface area contributed by atoms with Gasteiger partial charge in [0.25, 0.3) is 11.8 Å². The number of alkyl halides is 3. The first-order chi connectivity index (χ1) is 14.3. The van der Waals surface area contributed by atoms with Gasteiger partial charge in [-0.15, -0.1) is 0 Å². The number of halogens is 3. The molecule has 8 heteroatoms. The second kappa shape index (κ2) is 9.13. The lowest BCUT2D eigenvalue weighted by atomic mass is 10.1. The summed E-state index contributed by atoms with van der Waals surface area (Å²) in [6.45, 7) is -0.568. The molecule has 154 valence electrons. The molecule has 0 heterocycles. The molecular formula is C22H17F3N2O3. The van der Waals surface area contributed by atoms with E-state index in [4.69, 9.17) is 4.74 Å². The monoisotopic (exact) mass is 414 g/mol. The van der Waals surface area contributed by atoms with E-state index >= 15 is 0 Å². The van der Waals surface area contributed by atoms with E-state index in [2.05, 4.69) is 10.6 Å². The van der Waals surface area contributed by atoms with Crippen LogP contribution in [0.2, 0.25) is 0 Å². The van der Waals surface area contributed by atoms with E-state index in [1.165, 1.54) is 24.3 Å². The molecule has 5 nitrogen and oxygen atoms in total. The molecule has 0 bridgehead atoms. The zero-order chi connectivity index (χ0) is 21.6. The maximum Gasteiger partial charge on any atom is 0.418 e. The molecule has 0 saturated heterocycles. The fourth-order valence-electron chi connectivity index (χ4n) is 2.67. The fourth-order valence-corrected chi connectivity index (χ4v) is 2.67. The summed E-state index contributed by atoms with van der Waals surface area (Å²) in [6.07, 6.45) is -4.60. The Kier molecular flexibility index (Phi) is 6.36. The van der Waals surface area contributed by atoms with Gasteiger partial charge in [-0.2, -0.15) is 13.2 Å². The van der Waals surface area contributed by atoms with Gasteiger partial charge < -0.3 is 15.4 Å². The summed E-state index contributed by atoms with van der Waals surface area (Å²) in [5.74, 6) is -1.10. The van der Waals surface area contributed by atoms with E-state index in [9.17, 15) is 22.8 Å². The van der Waals surface area contributed by atoms with Crippen LogP contribution in [0.25, 0.3) is 0 Å². The quantitative estimate of drug-likeness (QED) is 0.598. The lowest BCUT2D eigenvalue weighted by Crippen LogP contribution is -2.23. The zero-order valence-electron chi connectivity index (χ0n) is 15.6. The molecule has 0 radical (unpaired) electrons. The number of hydrogen-bond donors (Lipinski definition) is 2. The number of carbonyl (C=O) groups excluding carboxylic acids is 2. The maximum atomic E-state index is 13.0. The van der Waals surface area contributed by atoms with Crippen molar-refractivity contribution in [2.45, 2.75) is 6.18 Å². The van der Waals surface area contributed by atoms with Crippen LogP contribution < -0.4 is 15.4 Å². The lowest BCUT2D eigenvalue weighted by Gasteiger charge is -2.14. The summed E-state index contributed by atoms with van der Waals surface area (Å²) in [6, 6.07) is 19.7. The summed E-state index contributed by atoms with van der Waals surface area (Å²) >= 11 is 0. The highest BCUT2D eigenvalue weighted by molar-refractivity contribution is 6.06. The largest absolute Gasteiger partial charge is 0.483 e. The third-order valence-electron chi connectivity index (χ3n) is 4.03. The van der Waals surface area contributed by atoms with Crippen molar-refractivity contribution in [2.24, 2.45) is 0 Å². The first kappa shape index (κ1) is 20.9. The molecule has 3 rings (SSSR count). The predicted octanol–water partition coefficient (Wildman–Crippen LogP) is 4.98. The maximum absolute atomic E-state index is 13.0. The number of nitrogens with one attached hydrogen (secondary N) is 2. The first-order valence-electron chi connectivity index (χ1n) is 8.89. The van der Waals surface area contributed by atoms with E-state index in [0.29, 0.717) is 5.69 Å². The Morgan fingerprint density at radius 3 is 2.17 bits per heavy atom. The minimum absolute atomic E-state index is 0.130. The van der Waals surface area contributed by atoms with Crippen molar-refractivity contribution in [1.82, 2.24) is 0 Å². The van der Waals surface area contributed by atoms with E-state index < -0.39 is 30.2 Å². The summed E-state index contributed by atoms with van der Waals surface area (Å²) in [5, 5.41) is 4.90. The number of anilines is 2. The van der Waals surface area contributed by atoms with Crippen molar-refractivity contribution in [2.75, 3.05) is 17.2 Å². The Labute approximate surface area is 170 Å². The van der Waals surface area contributed by atoms with Gasteiger partial charge in [0, 0.05) is 5.69 Å². The van der Waals surface area contributed by atoms with Gasteiger partial charge >= 0.3 is 6.18 Å². The Hall–Kier alpha value is -3.81. The molecule has 0 aliphatic heterocycles. The highest BCUT2D eigenvalue weighted by atomic mass is 19.4. The molecule has 0 fully saturated rings. The van der Waals surface area contributed by atoms with E-state index in [1.54, 1.807) is 36.4 Å². The molecular weight excluding hydrogens is 397 g/mol. The normalized spacial score (nSPS) is 10.9. The third kappa shape index (κ3) is 5.38. The molecule has 3 aromatic carbocycles. The van der Waals surface area contributed by atoms with Gasteiger partial charge in [-0.3, -0.25) is 9.59 Å². The van der Waals surface area contributed by atoms with Gasteiger partial charge in [-0.25, -0.2) is 0 Å². The summed E-state index contributed by atoms with van der Waals surface area (Å²) in [7, 11) is 0. The van der Waals surface area contributed by atoms with Crippen molar-refractivity contribution < 1.29 is 27.5 Å². The number of para-hydroxylation sites is 3. The highest BCUT2D eigenvalue weighted by Gasteiger charge is 2.33. The summed E-state index contributed by atoms with van der Waals surface area (Å²) in [5.41, 5.74) is -0.557. The fraction of sp³-hybridized carbons (Fsp3) is 0.0909. The summed E-state index contributed by atoms with van der Waals surface area (Å²) in [4.78, 5) is 24.6. The number of benzene rings is 3. The average molecular weight is 414 g/mol. The van der Waals surface area contributed by atoms with Gasteiger partial charge in [-0.1, -0.05) is 42.5 Å². The second-order valence-electron chi connectivity index (χ2n) is 6.20. The van der Waals surface area contributed by atoms with Crippen LogP contribution >= 0.6 is 0 Å². The lowest BCUT2D eigenvalue weighted by molar-refractivity contribution is -0.137. The predicted molar refractivity (Wildman–Crippen MR) is 106 cm³/mol. The van der Waals surface area contributed by atoms with Crippen molar-refractivity contribution in [3.05, 3.63) is 90.0 Å². The number of carbonyl (C=O) groups is 2. The SMILES string of the molecule is O=C(COc1ccccc1C(=O)Nc1ccccc1)Nc1ccccc1C(F)(F)F. The van der Waals surface area contributed by atoms with Gasteiger partial charge in [0.1, 0.15) is 5.75 Å². The first-order valence-corrected chi connectivity index (χ1v) is 8.89. The Balaban J connectivity index is 1.67. The third-order valence-corrected chi connectivity index (χ3v) is 4.03. The molecule has 30 heavy (non-hydrogen) atoms. The number of rotatable bonds is 6. The van der Waals surface area contributed by atoms with Gasteiger partial charge in [0.05, 0.1) is 16.8 Å². The molecule has 0 spiro atoms. The van der Waals surface area contributed by atoms with Crippen LogP contribution in [0.5, 0.6) is 5.75 Å². The second-order valence-corrected chi connectivity index (χ2v) is 6.20. The topological polar surface area (TPSA) is 67.4 Å². The molecule has 2 N–H and O–H groups in total. The minimum atomic E-state index is -4.60. The molecule has 0 aromatic heterocycles. The molecule has 2 amide bonds. The van der Waals surface area contributed by atoms with Crippen LogP contribution in [0, 0.1) is 0 Å². The van der Waals surface area contributed by atoms with Gasteiger partial charge in [-0.05, 0) is 36.4 Å². The van der Waals surface area contributed by atoms with Crippen LogP contribution in [0.1, 0.15) is 15.9 Å². The molecule has 0 saturated carbocycles. The standard InChI is InChI=1S/C22H17F3N2O3/c23-22(24,25)17-11-5-6-12-18(17)27-20(28)14-30-19-13-7-4-10-16(19)21(29)26-15-8-2-1-3-9-15/h1-13H,14H2,(H,26,29)(H,27,28). The van der Waals surface area contributed by atoms with Crippen molar-refractivity contribution >= 4 is 23.2 Å². The Bertz CT molecular complexity index is 1040. The van der Waals surface area contributed by atoms with Crippen LogP contribution in [-0.4, -0.2) is 18.4 Å². The van der Waals surface area contributed by atoms with Crippen molar-refractivity contribution in [1.29, 1.82) is 0 Å². The molecule has 0 aliphatic carbocycles. The zero-order valence-corrected chi connectivity index (χ0v) is 15.6. The van der Waals surface area contributed by atoms with Crippen molar-refractivity contribution in [3.8, 4) is 5.75 Å². The Morgan fingerprint density at radius 1 is 0.800 bits per heavy atom. The molecule has 0 atom stereocenters. The van der Waals surface area contributed by atoms with Crippen LogP contribution in [-0.2, 0) is 11.0 Å². The number of amides is 2. The van der Waals surface area contributed by atoms with Crippen LogP contribution in [0.4, 0.5) is 24.5 Å². The number of hydrogen-bond acceptors (Lipinski definition) is 3. The molecule has 0 unspecified atom stereocenters. The van der Waals surface area contributed by atoms with Crippen LogP contribution in [0.15, 0.2) is 78.9 Å². The smallest absolute Gasteiger partial charge is 0.418 e. The van der Waals surface area contributed by atoms with Gasteiger partial charge in [0.2, 0.25) is 0 Å². The van der Waals surface area contributed by atoms with E-state index in [1.807, 2.05) is 6.07 Å². The summed E-state index contributed by atoms with van der Waals surface area (Å²) < 4.78 is 44.5. The molecule has 3 aromatic rings. The number of ether oxygens (including phenoxy) is 1. The van der Waals surface area contributed by atoms with E-state index in [-0.39, 0.29) is 17.0 Å². The minimum Gasteiger partial charge on any atom is -0.483 e. The van der Waals surface area contributed by atoms with Crippen molar-refractivity contribution in [3.63, 3.8) is 0 Å². The Morgan fingerprint density at radius 2 is 1.43 bits per heavy atom.